The summed E-state index contributed by atoms with van der Waals surface area (Å²) in [4.78, 5) is 28.3. The second-order valence-corrected chi connectivity index (χ2v) is 3.51. The first-order valence-corrected chi connectivity index (χ1v) is 5.65. The Bertz CT molecular complexity index is 417. The molecule has 0 fully saturated rings. The van der Waals surface area contributed by atoms with E-state index < -0.39 is 5.97 Å². The van der Waals surface area contributed by atoms with Gasteiger partial charge in [-0.3, -0.25) is 9.59 Å². The average molecular weight is 255 g/mol. The van der Waals surface area contributed by atoms with E-state index >= 15 is 0 Å². The van der Waals surface area contributed by atoms with Gasteiger partial charge in [0.2, 0.25) is 11.9 Å². The van der Waals surface area contributed by atoms with Crippen molar-refractivity contribution in [3.05, 3.63) is 6.33 Å². The van der Waals surface area contributed by atoms with Crippen molar-refractivity contribution < 1.29 is 14.3 Å². The van der Waals surface area contributed by atoms with E-state index in [1.165, 1.54) is 15.9 Å². The number of amides is 1. The van der Waals surface area contributed by atoms with Crippen LogP contribution in [0.2, 0.25) is 0 Å². The Hall–Kier alpha value is -2.12. The molecular formula is C10H17N5O3. The highest BCUT2D eigenvalue weighted by molar-refractivity contribution is 5.81. The molecular weight excluding hydrogens is 238 g/mol. The number of rotatable bonds is 6. The van der Waals surface area contributed by atoms with E-state index in [4.69, 9.17) is 10.5 Å². The molecule has 0 bridgehead atoms. The van der Waals surface area contributed by atoms with Crippen molar-refractivity contribution in [2.45, 2.75) is 20.4 Å². The second-order valence-electron chi connectivity index (χ2n) is 3.51. The molecule has 0 saturated carbocycles. The summed E-state index contributed by atoms with van der Waals surface area (Å²) in [6, 6.07) is 0. The van der Waals surface area contributed by atoms with Crippen LogP contribution in [0.1, 0.15) is 13.8 Å². The van der Waals surface area contributed by atoms with Gasteiger partial charge in [-0.2, -0.15) is 0 Å². The zero-order chi connectivity index (χ0) is 13.5. The van der Waals surface area contributed by atoms with Gasteiger partial charge in [0.05, 0.1) is 6.61 Å². The molecule has 1 rings (SSSR count). The molecule has 0 saturated heterocycles. The zero-order valence-electron chi connectivity index (χ0n) is 10.5. The SMILES string of the molecule is CCOC(=O)CN(CC)C(=O)Cn1cnc(N)n1. The molecule has 0 aromatic carbocycles. The number of carbonyl (C=O) groups excluding carboxylic acids is 2. The smallest absolute Gasteiger partial charge is 0.325 e. The van der Waals surface area contributed by atoms with Gasteiger partial charge in [0.15, 0.2) is 0 Å². The highest BCUT2D eigenvalue weighted by atomic mass is 16.5. The first kappa shape index (κ1) is 13.9. The molecule has 0 aliphatic rings. The summed E-state index contributed by atoms with van der Waals surface area (Å²) in [5.41, 5.74) is 5.34. The highest BCUT2D eigenvalue weighted by Gasteiger charge is 2.17. The molecule has 0 atom stereocenters. The van der Waals surface area contributed by atoms with Gasteiger partial charge in [-0.05, 0) is 13.8 Å². The largest absolute Gasteiger partial charge is 0.465 e. The normalized spacial score (nSPS) is 10.1. The topological polar surface area (TPSA) is 103 Å². The summed E-state index contributed by atoms with van der Waals surface area (Å²) in [6.07, 6.45) is 1.37. The van der Waals surface area contributed by atoms with E-state index in [0.29, 0.717) is 13.2 Å². The van der Waals surface area contributed by atoms with E-state index in [2.05, 4.69) is 10.1 Å². The predicted molar refractivity (Wildman–Crippen MR) is 63.3 cm³/mol. The van der Waals surface area contributed by atoms with Crippen LogP contribution in [0.3, 0.4) is 0 Å². The third kappa shape index (κ3) is 4.04. The van der Waals surface area contributed by atoms with Crippen LogP contribution in [0.4, 0.5) is 5.95 Å². The Morgan fingerprint density at radius 2 is 2.22 bits per heavy atom. The van der Waals surface area contributed by atoms with Crippen molar-refractivity contribution in [2.24, 2.45) is 0 Å². The Morgan fingerprint density at radius 3 is 2.72 bits per heavy atom. The maximum Gasteiger partial charge on any atom is 0.325 e. The van der Waals surface area contributed by atoms with E-state index in [9.17, 15) is 9.59 Å². The Balaban J connectivity index is 2.54. The van der Waals surface area contributed by atoms with Crippen LogP contribution in [0, 0.1) is 0 Å². The number of nitrogen functional groups attached to an aromatic ring is 1. The van der Waals surface area contributed by atoms with E-state index in [1.807, 2.05) is 0 Å². The molecule has 18 heavy (non-hydrogen) atoms. The molecule has 0 radical (unpaired) electrons. The number of ether oxygens (including phenoxy) is 1. The van der Waals surface area contributed by atoms with Gasteiger partial charge in [-0.25, -0.2) is 9.67 Å². The van der Waals surface area contributed by atoms with Crippen LogP contribution in [-0.2, 0) is 20.9 Å². The number of carbonyl (C=O) groups is 2. The lowest BCUT2D eigenvalue weighted by atomic mass is 10.4. The summed E-state index contributed by atoms with van der Waals surface area (Å²) in [5.74, 6) is -0.558. The van der Waals surface area contributed by atoms with Gasteiger partial charge in [-0.15, -0.1) is 5.10 Å². The molecule has 8 heteroatoms. The van der Waals surface area contributed by atoms with Gasteiger partial charge in [0.1, 0.15) is 19.4 Å². The number of anilines is 1. The minimum absolute atomic E-state index is 0.00253. The Kier molecular flexibility index (Phi) is 5.09. The fourth-order valence-electron chi connectivity index (χ4n) is 1.36. The first-order valence-electron chi connectivity index (χ1n) is 5.65. The molecule has 2 N–H and O–H groups in total. The van der Waals surface area contributed by atoms with Crippen LogP contribution in [0.25, 0.3) is 0 Å². The van der Waals surface area contributed by atoms with Gasteiger partial charge in [0, 0.05) is 6.54 Å². The number of hydrogen-bond donors (Lipinski definition) is 1. The number of aromatic nitrogens is 3. The summed E-state index contributed by atoms with van der Waals surface area (Å²) in [7, 11) is 0. The quantitative estimate of drug-likeness (QED) is 0.672. The fourth-order valence-corrected chi connectivity index (χ4v) is 1.36. The second kappa shape index (κ2) is 6.58. The van der Waals surface area contributed by atoms with Crippen molar-refractivity contribution >= 4 is 17.8 Å². The number of nitrogens with two attached hydrogens (primary N) is 1. The Labute approximate surface area is 105 Å². The molecule has 1 amide bonds. The molecule has 100 valence electrons. The van der Waals surface area contributed by atoms with Crippen LogP contribution in [0.15, 0.2) is 6.33 Å². The van der Waals surface area contributed by atoms with Crippen molar-refractivity contribution in [1.82, 2.24) is 19.7 Å². The van der Waals surface area contributed by atoms with Gasteiger partial charge in [0.25, 0.3) is 0 Å². The lowest BCUT2D eigenvalue weighted by molar-refractivity contribution is -0.149. The van der Waals surface area contributed by atoms with E-state index in [1.54, 1.807) is 13.8 Å². The van der Waals surface area contributed by atoms with Crippen LogP contribution >= 0.6 is 0 Å². The molecule has 0 aliphatic heterocycles. The monoisotopic (exact) mass is 255 g/mol. The Morgan fingerprint density at radius 1 is 1.50 bits per heavy atom. The van der Waals surface area contributed by atoms with Crippen molar-refractivity contribution in [3.63, 3.8) is 0 Å². The average Bonchev–Trinajstić information content (AvgIpc) is 2.72. The molecule has 1 heterocycles. The summed E-state index contributed by atoms with van der Waals surface area (Å²) in [5, 5.41) is 3.80. The van der Waals surface area contributed by atoms with Gasteiger partial charge >= 0.3 is 5.97 Å². The summed E-state index contributed by atoms with van der Waals surface area (Å²) >= 11 is 0. The number of hydrogen-bond acceptors (Lipinski definition) is 6. The third-order valence-corrected chi connectivity index (χ3v) is 2.21. The van der Waals surface area contributed by atoms with E-state index in [0.717, 1.165) is 0 Å². The van der Waals surface area contributed by atoms with Gasteiger partial charge in [-0.1, -0.05) is 0 Å². The van der Waals surface area contributed by atoms with Crippen molar-refractivity contribution in [3.8, 4) is 0 Å². The van der Waals surface area contributed by atoms with Crippen LogP contribution in [0.5, 0.6) is 0 Å². The highest BCUT2D eigenvalue weighted by Crippen LogP contribution is 1.96. The number of nitrogens with zero attached hydrogens (tertiary/aromatic N) is 4. The molecule has 1 aromatic rings. The minimum Gasteiger partial charge on any atom is -0.465 e. The molecule has 1 aromatic heterocycles. The fraction of sp³-hybridized carbons (Fsp3) is 0.600. The number of esters is 1. The third-order valence-electron chi connectivity index (χ3n) is 2.21. The van der Waals surface area contributed by atoms with Crippen molar-refractivity contribution in [1.29, 1.82) is 0 Å². The van der Waals surface area contributed by atoms with Crippen molar-refractivity contribution in [2.75, 3.05) is 25.4 Å². The molecule has 0 aliphatic carbocycles. The lowest BCUT2D eigenvalue weighted by Gasteiger charge is -2.19. The summed E-state index contributed by atoms with van der Waals surface area (Å²) in [6.45, 7) is 4.15. The standard InChI is InChI=1S/C10H17N5O3/c1-3-14(6-9(17)18-4-2)8(16)5-15-7-12-10(11)13-15/h7H,3-6H2,1-2H3,(H2,11,13). The minimum atomic E-state index is -0.425. The van der Waals surface area contributed by atoms with Crippen LogP contribution in [-0.4, -0.2) is 51.2 Å². The molecule has 0 spiro atoms. The van der Waals surface area contributed by atoms with Gasteiger partial charge < -0.3 is 15.4 Å². The molecule has 8 nitrogen and oxygen atoms in total. The predicted octanol–water partition coefficient (Wildman–Crippen LogP) is -0.728. The zero-order valence-corrected chi connectivity index (χ0v) is 10.5. The first-order chi connectivity index (χ1) is 8.56. The van der Waals surface area contributed by atoms with Crippen LogP contribution < -0.4 is 5.73 Å². The van der Waals surface area contributed by atoms with E-state index in [-0.39, 0.29) is 24.9 Å². The number of likely N-dealkylation sites (N-methyl/N-ethyl adjacent to an activating group) is 1. The maximum absolute atomic E-state index is 11.9. The maximum atomic E-state index is 11.9. The lowest BCUT2D eigenvalue weighted by Crippen LogP contribution is -2.38. The molecule has 0 unspecified atom stereocenters. The summed E-state index contributed by atoms with van der Waals surface area (Å²) < 4.78 is 6.12.